The van der Waals surface area contributed by atoms with Crippen LogP contribution >= 0.6 is 22.9 Å². The number of fused-ring (bicyclic) bond motifs is 1. The Morgan fingerprint density at radius 1 is 1.23 bits per heavy atom. The molecule has 2 aromatic carbocycles. The van der Waals surface area contributed by atoms with Gasteiger partial charge in [-0.15, -0.1) is 0 Å². The average molecular weight is 386 g/mol. The summed E-state index contributed by atoms with van der Waals surface area (Å²) in [4.78, 5) is 18.4. The molecule has 130 valence electrons. The molecule has 4 aromatic rings. The molecule has 2 heterocycles. The highest BCUT2D eigenvalue weighted by Crippen LogP contribution is 2.28. The summed E-state index contributed by atoms with van der Waals surface area (Å²) in [6, 6.07) is 13.2. The molecule has 4 rings (SSSR count). The van der Waals surface area contributed by atoms with E-state index in [4.69, 9.17) is 11.6 Å². The number of nitrogens with zero attached hydrogens (tertiary/aromatic N) is 2. The van der Waals surface area contributed by atoms with E-state index < -0.39 is 0 Å². The number of nitrogens with one attached hydrogen (secondary N) is 1. The third-order valence-electron chi connectivity index (χ3n) is 3.99. The zero-order valence-electron chi connectivity index (χ0n) is 13.7. The van der Waals surface area contributed by atoms with E-state index in [1.54, 1.807) is 36.4 Å². The van der Waals surface area contributed by atoms with Crippen LogP contribution in [-0.2, 0) is 0 Å². The van der Waals surface area contributed by atoms with Crippen LogP contribution < -0.4 is 5.32 Å². The van der Waals surface area contributed by atoms with Crippen molar-refractivity contribution in [2.24, 2.45) is 0 Å². The number of carbonyl (C=O) groups is 1. The highest BCUT2D eigenvalue weighted by atomic mass is 35.5. The van der Waals surface area contributed by atoms with Crippen LogP contribution in [0.4, 0.5) is 10.1 Å². The van der Waals surface area contributed by atoms with E-state index in [-0.39, 0.29) is 11.7 Å². The summed E-state index contributed by atoms with van der Waals surface area (Å²) >= 11 is 7.26. The summed E-state index contributed by atoms with van der Waals surface area (Å²) in [5, 5.41) is 3.41. The fourth-order valence-corrected chi connectivity index (χ4v) is 3.87. The van der Waals surface area contributed by atoms with Gasteiger partial charge < -0.3 is 5.32 Å². The lowest BCUT2D eigenvalue weighted by Gasteiger charge is -2.04. The standard InChI is InChI=1S/C19H13ClFN3OS/c1-11-17(18(25)22-15-4-2-3-13(20)9-15)26-19-23-16(10-24(11)19)12-5-7-14(21)8-6-12/h2-10H,1H3,(H,22,25). The third-order valence-corrected chi connectivity index (χ3v) is 5.38. The monoisotopic (exact) mass is 385 g/mol. The molecule has 0 radical (unpaired) electrons. The molecule has 0 aliphatic carbocycles. The maximum absolute atomic E-state index is 13.1. The number of aryl methyl sites for hydroxylation is 1. The summed E-state index contributed by atoms with van der Waals surface area (Å²) in [6.45, 7) is 1.87. The number of thiazole rings is 1. The Morgan fingerprint density at radius 2 is 2.00 bits per heavy atom. The molecule has 1 amide bonds. The Hall–Kier alpha value is -2.70. The summed E-state index contributed by atoms with van der Waals surface area (Å²) in [6.07, 6.45) is 1.85. The highest BCUT2D eigenvalue weighted by Gasteiger charge is 2.18. The first-order valence-electron chi connectivity index (χ1n) is 7.82. The number of amides is 1. The van der Waals surface area contributed by atoms with E-state index in [9.17, 15) is 9.18 Å². The number of aromatic nitrogens is 2. The highest BCUT2D eigenvalue weighted by molar-refractivity contribution is 7.19. The lowest BCUT2D eigenvalue weighted by Crippen LogP contribution is -2.11. The smallest absolute Gasteiger partial charge is 0.267 e. The third kappa shape index (κ3) is 3.09. The van der Waals surface area contributed by atoms with Gasteiger partial charge in [0.05, 0.1) is 5.69 Å². The molecule has 0 atom stereocenters. The lowest BCUT2D eigenvalue weighted by molar-refractivity contribution is 0.102. The van der Waals surface area contributed by atoms with Crippen molar-refractivity contribution >= 4 is 39.5 Å². The van der Waals surface area contributed by atoms with Crippen LogP contribution in [0, 0.1) is 12.7 Å². The molecule has 0 aliphatic heterocycles. The van der Waals surface area contributed by atoms with E-state index in [0.717, 1.165) is 17.0 Å². The molecule has 2 aromatic heterocycles. The Kier molecular flexibility index (Phi) is 4.22. The van der Waals surface area contributed by atoms with Crippen LogP contribution in [0.3, 0.4) is 0 Å². The number of rotatable bonds is 3. The van der Waals surface area contributed by atoms with Crippen molar-refractivity contribution in [3.8, 4) is 11.3 Å². The molecule has 0 bridgehead atoms. The Bertz CT molecular complexity index is 1120. The minimum Gasteiger partial charge on any atom is -0.321 e. The quantitative estimate of drug-likeness (QED) is 0.512. The summed E-state index contributed by atoms with van der Waals surface area (Å²) in [5.41, 5.74) is 3.00. The van der Waals surface area contributed by atoms with Crippen molar-refractivity contribution in [2.75, 3.05) is 5.32 Å². The number of hydrogen-bond acceptors (Lipinski definition) is 3. The second-order valence-electron chi connectivity index (χ2n) is 5.77. The van der Waals surface area contributed by atoms with Crippen LogP contribution in [0.25, 0.3) is 16.2 Å². The number of hydrogen-bond donors (Lipinski definition) is 1. The van der Waals surface area contributed by atoms with Crippen LogP contribution in [0.2, 0.25) is 5.02 Å². The number of carbonyl (C=O) groups excluding carboxylic acids is 1. The molecular formula is C19H13ClFN3OS. The molecule has 0 spiro atoms. The number of halogens is 2. The second-order valence-corrected chi connectivity index (χ2v) is 7.18. The van der Waals surface area contributed by atoms with Crippen molar-refractivity contribution in [1.29, 1.82) is 0 Å². The van der Waals surface area contributed by atoms with Crippen molar-refractivity contribution in [3.63, 3.8) is 0 Å². The molecule has 0 fully saturated rings. The van der Waals surface area contributed by atoms with Crippen molar-refractivity contribution in [3.05, 3.63) is 76.1 Å². The Morgan fingerprint density at radius 3 is 2.69 bits per heavy atom. The van der Waals surface area contributed by atoms with Crippen molar-refractivity contribution in [2.45, 2.75) is 6.92 Å². The van der Waals surface area contributed by atoms with Gasteiger partial charge in [-0.05, 0) is 49.4 Å². The van der Waals surface area contributed by atoms with Gasteiger partial charge in [-0.3, -0.25) is 9.20 Å². The molecule has 0 saturated heterocycles. The Labute approximate surface area is 157 Å². The van der Waals surface area contributed by atoms with Crippen LogP contribution in [0.5, 0.6) is 0 Å². The zero-order valence-corrected chi connectivity index (χ0v) is 15.2. The van der Waals surface area contributed by atoms with Crippen LogP contribution in [-0.4, -0.2) is 15.3 Å². The molecule has 0 aliphatic rings. The van der Waals surface area contributed by atoms with Gasteiger partial charge >= 0.3 is 0 Å². The second kappa shape index (κ2) is 6.55. The fourth-order valence-electron chi connectivity index (χ4n) is 2.67. The van der Waals surface area contributed by atoms with Gasteiger partial charge in [0.25, 0.3) is 5.91 Å². The molecular weight excluding hydrogens is 373 g/mol. The topological polar surface area (TPSA) is 46.4 Å². The average Bonchev–Trinajstić information content (AvgIpc) is 3.15. The summed E-state index contributed by atoms with van der Waals surface area (Å²) < 4.78 is 15.0. The number of benzene rings is 2. The van der Waals surface area contributed by atoms with E-state index in [0.29, 0.717) is 20.5 Å². The van der Waals surface area contributed by atoms with Crippen LogP contribution in [0.1, 0.15) is 15.4 Å². The minimum absolute atomic E-state index is 0.205. The van der Waals surface area contributed by atoms with E-state index in [1.807, 2.05) is 17.5 Å². The maximum Gasteiger partial charge on any atom is 0.267 e. The van der Waals surface area contributed by atoms with Gasteiger partial charge in [0.1, 0.15) is 10.7 Å². The van der Waals surface area contributed by atoms with E-state index >= 15 is 0 Å². The molecule has 1 N–H and O–H groups in total. The summed E-state index contributed by atoms with van der Waals surface area (Å²) in [5.74, 6) is -0.491. The van der Waals surface area contributed by atoms with E-state index in [2.05, 4.69) is 10.3 Å². The van der Waals surface area contributed by atoms with Gasteiger partial charge in [0, 0.05) is 28.2 Å². The first kappa shape index (κ1) is 16.8. The lowest BCUT2D eigenvalue weighted by atomic mass is 10.2. The minimum atomic E-state index is -0.286. The first-order valence-corrected chi connectivity index (χ1v) is 9.02. The van der Waals surface area contributed by atoms with Gasteiger partial charge in [-0.25, -0.2) is 9.37 Å². The zero-order chi connectivity index (χ0) is 18.3. The first-order chi connectivity index (χ1) is 12.5. The Balaban J connectivity index is 1.65. The number of anilines is 1. The van der Waals surface area contributed by atoms with Crippen LogP contribution in [0.15, 0.2) is 54.7 Å². The summed E-state index contributed by atoms with van der Waals surface area (Å²) in [7, 11) is 0. The molecule has 26 heavy (non-hydrogen) atoms. The predicted octanol–water partition coefficient (Wildman–Crippen LogP) is 5.42. The van der Waals surface area contributed by atoms with Gasteiger partial charge in [-0.1, -0.05) is 29.0 Å². The van der Waals surface area contributed by atoms with Gasteiger partial charge in [0.2, 0.25) is 0 Å². The molecule has 0 unspecified atom stereocenters. The fraction of sp³-hybridized carbons (Fsp3) is 0.0526. The number of imidazole rings is 1. The van der Waals surface area contributed by atoms with Crippen molar-refractivity contribution < 1.29 is 9.18 Å². The molecule has 0 saturated carbocycles. The molecule has 7 heteroatoms. The maximum atomic E-state index is 13.1. The normalized spacial score (nSPS) is 11.0. The van der Waals surface area contributed by atoms with Crippen molar-refractivity contribution in [1.82, 2.24) is 9.38 Å². The van der Waals surface area contributed by atoms with E-state index in [1.165, 1.54) is 23.5 Å². The predicted molar refractivity (Wildman–Crippen MR) is 103 cm³/mol. The largest absolute Gasteiger partial charge is 0.321 e. The van der Waals surface area contributed by atoms with Gasteiger partial charge in [0.15, 0.2) is 4.96 Å². The molecule has 4 nitrogen and oxygen atoms in total. The van der Waals surface area contributed by atoms with Gasteiger partial charge in [-0.2, -0.15) is 0 Å². The SMILES string of the molecule is Cc1c(C(=O)Nc2cccc(Cl)c2)sc2nc(-c3ccc(F)cc3)cn12.